The van der Waals surface area contributed by atoms with Crippen LogP contribution in [0.3, 0.4) is 0 Å². The zero-order valence-electron chi connectivity index (χ0n) is 19.6. The van der Waals surface area contributed by atoms with Crippen molar-refractivity contribution in [3.63, 3.8) is 0 Å². The van der Waals surface area contributed by atoms with Gasteiger partial charge in [-0.3, -0.25) is 9.50 Å². The fraction of sp³-hybridized carbons (Fsp3) is 0.565. The summed E-state index contributed by atoms with van der Waals surface area (Å²) in [7, 11) is 1.63. The molecule has 12 heteroatoms. The molecule has 3 aliphatic rings. The predicted molar refractivity (Wildman–Crippen MR) is 122 cm³/mol. The van der Waals surface area contributed by atoms with Gasteiger partial charge in [-0.05, 0) is 32.6 Å². The summed E-state index contributed by atoms with van der Waals surface area (Å²) in [4.78, 5) is 21.5. The monoisotopic (exact) mass is 485 g/mol. The van der Waals surface area contributed by atoms with Gasteiger partial charge in [-0.2, -0.15) is 5.10 Å². The van der Waals surface area contributed by atoms with Gasteiger partial charge < -0.3 is 24.8 Å². The molecule has 0 bridgehead atoms. The fourth-order valence-corrected chi connectivity index (χ4v) is 4.28. The molecule has 1 saturated heterocycles. The minimum absolute atomic E-state index is 0.0271. The van der Waals surface area contributed by atoms with Crippen LogP contribution >= 0.6 is 0 Å². The second-order valence-electron chi connectivity index (χ2n) is 9.83. The van der Waals surface area contributed by atoms with Crippen LogP contribution in [0.1, 0.15) is 61.7 Å². The first-order valence-electron chi connectivity index (χ1n) is 11.9. The molecule has 3 atom stereocenters. The topological polar surface area (TPSA) is 128 Å². The number of amides is 1. The molecule has 0 aromatic carbocycles. The molecule has 1 aliphatic heterocycles. The van der Waals surface area contributed by atoms with Gasteiger partial charge in [0.25, 0.3) is 0 Å². The first-order valence-corrected chi connectivity index (χ1v) is 11.9. The maximum Gasteiger partial charge on any atom is 0.408 e. The molecule has 2 saturated carbocycles. The van der Waals surface area contributed by atoms with E-state index in [9.17, 15) is 4.79 Å². The number of rotatable bonds is 8. The Hall–Kier alpha value is -3.25. The predicted octanol–water partition coefficient (Wildman–Crippen LogP) is 3.28. The highest BCUT2D eigenvalue weighted by atomic mass is 19.1. The van der Waals surface area contributed by atoms with Gasteiger partial charge >= 0.3 is 6.09 Å². The fourth-order valence-electron chi connectivity index (χ4n) is 4.28. The van der Waals surface area contributed by atoms with E-state index < -0.39 is 24.5 Å². The number of H-pyrrole nitrogens is 1. The number of carbonyl (C=O) groups excluding carboxylic acids is 1. The van der Waals surface area contributed by atoms with Gasteiger partial charge in [0.1, 0.15) is 11.8 Å². The normalized spacial score (nSPS) is 25.1. The number of halogens is 1. The third kappa shape index (κ3) is 4.55. The average molecular weight is 486 g/mol. The Labute approximate surface area is 200 Å². The number of hydrogen-bond donors (Lipinski definition) is 3. The van der Waals surface area contributed by atoms with Crippen molar-refractivity contribution in [3.05, 3.63) is 35.4 Å². The number of aromatic nitrogens is 5. The molecule has 1 amide bonds. The van der Waals surface area contributed by atoms with E-state index in [1.165, 1.54) is 0 Å². The van der Waals surface area contributed by atoms with E-state index in [0.29, 0.717) is 30.0 Å². The van der Waals surface area contributed by atoms with Crippen LogP contribution in [-0.2, 0) is 20.8 Å². The number of imidazole rings is 1. The third-order valence-corrected chi connectivity index (χ3v) is 6.70. The summed E-state index contributed by atoms with van der Waals surface area (Å²) >= 11 is 0. The van der Waals surface area contributed by atoms with Crippen LogP contribution in [0.5, 0.6) is 0 Å². The number of alkyl halides is 1. The van der Waals surface area contributed by atoms with Gasteiger partial charge in [-0.15, -0.1) is 0 Å². The molecule has 6 rings (SSSR count). The Morgan fingerprint density at radius 1 is 1.34 bits per heavy atom. The molecular weight excluding hydrogens is 457 g/mol. The zero-order valence-corrected chi connectivity index (χ0v) is 19.6. The van der Waals surface area contributed by atoms with E-state index in [1.54, 1.807) is 13.2 Å². The summed E-state index contributed by atoms with van der Waals surface area (Å²) < 4.78 is 33.0. The SMILES string of the molecule is COCc1cn2c(Nc3cc([C@@H]4OC[C@H](OC(=O)NC5(C)CC5)[C@@H]4F)[nH]n3)nc(C3CC3)cc2n1. The summed E-state index contributed by atoms with van der Waals surface area (Å²) in [5.74, 6) is 1.46. The minimum Gasteiger partial charge on any atom is -0.441 e. The van der Waals surface area contributed by atoms with Crippen molar-refractivity contribution in [1.29, 1.82) is 0 Å². The van der Waals surface area contributed by atoms with Crippen LogP contribution < -0.4 is 10.6 Å². The van der Waals surface area contributed by atoms with Crippen LogP contribution in [-0.4, -0.2) is 62.2 Å². The maximum atomic E-state index is 15.1. The van der Waals surface area contributed by atoms with Gasteiger partial charge in [0.15, 0.2) is 18.1 Å². The highest BCUT2D eigenvalue weighted by Crippen LogP contribution is 2.40. The smallest absolute Gasteiger partial charge is 0.408 e. The highest BCUT2D eigenvalue weighted by molar-refractivity contribution is 5.69. The summed E-state index contributed by atoms with van der Waals surface area (Å²) in [6.07, 6.45) is 1.84. The third-order valence-electron chi connectivity index (χ3n) is 6.70. The Bertz CT molecular complexity index is 1250. The first-order chi connectivity index (χ1) is 16.9. The Kier molecular flexibility index (Phi) is 5.37. The number of nitrogens with one attached hydrogen (secondary N) is 3. The zero-order chi connectivity index (χ0) is 24.2. The summed E-state index contributed by atoms with van der Waals surface area (Å²) in [6, 6.07) is 3.67. The molecule has 11 nitrogen and oxygen atoms in total. The number of hydrogen-bond acceptors (Lipinski definition) is 8. The van der Waals surface area contributed by atoms with Gasteiger partial charge in [-0.1, -0.05) is 0 Å². The van der Waals surface area contributed by atoms with Crippen molar-refractivity contribution < 1.29 is 23.4 Å². The Morgan fingerprint density at radius 2 is 2.17 bits per heavy atom. The average Bonchev–Trinajstić information content (AvgIpc) is 3.66. The van der Waals surface area contributed by atoms with Gasteiger partial charge in [0.05, 0.1) is 30.3 Å². The summed E-state index contributed by atoms with van der Waals surface area (Å²) in [5, 5.41) is 13.1. The Morgan fingerprint density at radius 3 is 2.91 bits per heavy atom. The van der Waals surface area contributed by atoms with Crippen molar-refractivity contribution in [2.75, 3.05) is 19.0 Å². The quantitative estimate of drug-likeness (QED) is 0.444. The number of carbonyl (C=O) groups is 1. The van der Waals surface area contributed by atoms with E-state index in [1.807, 2.05) is 23.6 Å². The number of ether oxygens (including phenoxy) is 3. The first kappa shape index (κ1) is 22.2. The molecule has 3 aromatic rings. The molecule has 186 valence electrons. The van der Waals surface area contributed by atoms with E-state index in [4.69, 9.17) is 19.2 Å². The molecule has 3 aromatic heterocycles. The summed E-state index contributed by atoms with van der Waals surface area (Å²) in [5.41, 5.74) is 2.75. The van der Waals surface area contributed by atoms with Crippen molar-refractivity contribution in [2.45, 2.75) is 69.1 Å². The molecule has 3 N–H and O–H groups in total. The van der Waals surface area contributed by atoms with Gasteiger partial charge in [-0.25, -0.2) is 19.2 Å². The molecule has 0 radical (unpaired) electrons. The molecular formula is C23H28FN7O4. The second kappa shape index (κ2) is 8.45. The number of anilines is 2. The lowest BCUT2D eigenvalue weighted by Crippen LogP contribution is -2.39. The van der Waals surface area contributed by atoms with Crippen LogP contribution in [0.2, 0.25) is 0 Å². The van der Waals surface area contributed by atoms with Crippen molar-refractivity contribution in [2.24, 2.45) is 0 Å². The van der Waals surface area contributed by atoms with Crippen molar-refractivity contribution in [1.82, 2.24) is 29.9 Å². The summed E-state index contributed by atoms with van der Waals surface area (Å²) in [6.45, 7) is 2.30. The molecule has 2 aliphatic carbocycles. The van der Waals surface area contributed by atoms with Gasteiger partial charge in [0, 0.05) is 36.9 Å². The lowest BCUT2D eigenvalue weighted by Gasteiger charge is -2.17. The molecule has 35 heavy (non-hydrogen) atoms. The standard InChI is InChI=1S/C23H28FN7O4/c1-23(5-6-23)28-22(32)35-16-11-34-20(19(16)24)15-7-17(30-29-15)27-21-26-14(12-3-4-12)8-18-25-13(10-33-2)9-31(18)21/h7-9,12,16,19-20H,3-6,10-11H2,1-2H3,(H,28,32)(H2,26,27,29,30)/t16-,19-,20-/m0/s1. The lowest BCUT2D eigenvalue weighted by atomic mass is 10.1. The minimum atomic E-state index is -1.52. The van der Waals surface area contributed by atoms with E-state index in [-0.39, 0.29) is 12.1 Å². The number of aromatic amines is 1. The van der Waals surface area contributed by atoms with Crippen LogP contribution in [0.4, 0.5) is 21.0 Å². The molecule has 3 fully saturated rings. The number of alkyl carbamates (subject to hydrolysis) is 1. The molecule has 0 unspecified atom stereocenters. The number of nitrogens with zero attached hydrogens (tertiary/aromatic N) is 4. The largest absolute Gasteiger partial charge is 0.441 e. The van der Waals surface area contributed by atoms with E-state index >= 15 is 4.39 Å². The molecule has 0 spiro atoms. The highest BCUT2D eigenvalue weighted by Gasteiger charge is 2.44. The van der Waals surface area contributed by atoms with Crippen LogP contribution in [0.15, 0.2) is 18.3 Å². The maximum absolute atomic E-state index is 15.1. The molecule has 4 heterocycles. The number of methoxy groups -OCH3 is 1. The van der Waals surface area contributed by atoms with Crippen molar-refractivity contribution in [3.8, 4) is 0 Å². The van der Waals surface area contributed by atoms with Gasteiger partial charge in [0.2, 0.25) is 5.95 Å². The number of fused-ring (bicyclic) bond motifs is 1. The lowest BCUT2D eigenvalue weighted by molar-refractivity contribution is 0.0604. The Balaban J connectivity index is 1.17. The second-order valence-corrected chi connectivity index (χ2v) is 9.83. The van der Waals surface area contributed by atoms with E-state index in [2.05, 4.69) is 25.8 Å². The van der Waals surface area contributed by atoms with Crippen molar-refractivity contribution >= 4 is 23.5 Å². The van der Waals surface area contributed by atoms with E-state index in [0.717, 1.165) is 42.7 Å². The van der Waals surface area contributed by atoms with Crippen LogP contribution in [0.25, 0.3) is 5.65 Å². The van der Waals surface area contributed by atoms with Crippen LogP contribution in [0, 0.1) is 0 Å².